The first-order valence-corrected chi connectivity index (χ1v) is 7.05. The lowest BCUT2D eigenvalue weighted by Gasteiger charge is -2.20. The molecule has 0 fully saturated rings. The number of hydrogen-bond acceptors (Lipinski definition) is 4. The van der Waals surface area contributed by atoms with Gasteiger partial charge in [-0.05, 0) is 12.1 Å². The Morgan fingerprint density at radius 1 is 1.61 bits per heavy atom. The van der Waals surface area contributed by atoms with Crippen LogP contribution in [0.2, 0.25) is 5.15 Å². The highest BCUT2D eigenvalue weighted by Gasteiger charge is 2.23. The summed E-state index contributed by atoms with van der Waals surface area (Å²) in [5.41, 5.74) is 0. The lowest BCUT2D eigenvalue weighted by molar-refractivity contribution is 0.182. The monoisotopic (exact) mass is 290 g/mol. The second-order valence-electron chi connectivity index (χ2n) is 3.46. The predicted molar refractivity (Wildman–Crippen MR) is 70.1 cm³/mol. The molecule has 0 bridgehead atoms. The molecule has 7 heteroatoms. The molecule has 0 saturated heterocycles. The standard InChI is InChI=1S/C11H15ClN2O3S/c1-3-6-14(7-8-17-2)18(15,16)10-4-5-13-11(12)9-10/h3-5,9H,1,6-8H2,2H3. The number of aromatic nitrogens is 1. The molecule has 0 radical (unpaired) electrons. The van der Waals surface area contributed by atoms with Crippen LogP contribution in [-0.2, 0) is 14.8 Å². The van der Waals surface area contributed by atoms with E-state index >= 15 is 0 Å². The summed E-state index contributed by atoms with van der Waals surface area (Å²) in [6, 6.07) is 2.73. The van der Waals surface area contributed by atoms with Crippen molar-refractivity contribution < 1.29 is 13.2 Å². The molecule has 0 atom stereocenters. The Labute approximate surface area is 112 Å². The molecule has 5 nitrogen and oxygen atoms in total. The largest absolute Gasteiger partial charge is 0.383 e. The summed E-state index contributed by atoms with van der Waals surface area (Å²) in [6.45, 7) is 4.33. The Morgan fingerprint density at radius 2 is 2.33 bits per heavy atom. The van der Waals surface area contributed by atoms with Crippen LogP contribution >= 0.6 is 11.6 Å². The van der Waals surface area contributed by atoms with Gasteiger partial charge in [0.05, 0.1) is 11.5 Å². The topological polar surface area (TPSA) is 59.5 Å². The zero-order chi connectivity index (χ0) is 13.6. The normalized spacial score (nSPS) is 11.7. The Bertz CT molecular complexity index is 505. The van der Waals surface area contributed by atoms with Gasteiger partial charge in [-0.15, -0.1) is 6.58 Å². The summed E-state index contributed by atoms with van der Waals surface area (Å²) >= 11 is 5.70. The molecule has 1 rings (SSSR count). The third-order valence-corrected chi connectivity index (χ3v) is 4.28. The third kappa shape index (κ3) is 3.78. The van der Waals surface area contributed by atoms with Crippen molar-refractivity contribution in [3.05, 3.63) is 36.1 Å². The van der Waals surface area contributed by atoms with Gasteiger partial charge >= 0.3 is 0 Å². The molecule has 18 heavy (non-hydrogen) atoms. The quantitative estimate of drug-likeness (QED) is 0.565. The zero-order valence-electron chi connectivity index (χ0n) is 10.0. The second-order valence-corrected chi connectivity index (χ2v) is 5.78. The summed E-state index contributed by atoms with van der Waals surface area (Å²) in [7, 11) is -2.08. The van der Waals surface area contributed by atoms with E-state index in [1.807, 2.05) is 0 Å². The maximum absolute atomic E-state index is 12.3. The van der Waals surface area contributed by atoms with Gasteiger partial charge in [0.1, 0.15) is 5.15 Å². The molecule has 1 heterocycles. The molecule has 0 unspecified atom stereocenters. The van der Waals surface area contributed by atoms with Gasteiger partial charge in [0.2, 0.25) is 10.0 Å². The number of methoxy groups -OCH3 is 1. The van der Waals surface area contributed by atoms with Crippen LogP contribution in [0.1, 0.15) is 0 Å². The molecule has 0 N–H and O–H groups in total. The minimum absolute atomic E-state index is 0.112. The molecule has 100 valence electrons. The van der Waals surface area contributed by atoms with Crippen molar-refractivity contribution in [2.75, 3.05) is 26.8 Å². The van der Waals surface area contributed by atoms with E-state index in [1.54, 1.807) is 0 Å². The molecular formula is C11H15ClN2O3S. The van der Waals surface area contributed by atoms with Crippen LogP contribution in [0.5, 0.6) is 0 Å². The van der Waals surface area contributed by atoms with E-state index in [0.717, 1.165) is 0 Å². The fourth-order valence-corrected chi connectivity index (χ4v) is 2.99. The fourth-order valence-electron chi connectivity index (χ4n) is 1.34. The van der Waals surface area contributed by atoms with E-state index in [4.69, 9.17) is 16.3 Å². The SMILES string of the molecule is C=CCN(CCOC)S(=O)(=O)c1ccnc(Cl)c1. The number of sulfonamides is 1. The number of ether oxygens (including phenoxy) is 1. The predicted octanol–water partition coefficient (Wildman–Crippen LogP) is 1.56. The summed E-state index contributed by atoms with van der Waals surface area (Å²) in [4.78, 5) is 3.87. The second kappa shape index (κ2) is 6.84. The van der Waals surface area contributed by atoms with Crippen molar-refractivity contribution in [3.63, 3.8) is 0 Å². The number of rotatable bonds is 7. The van der Waals surface area contributed by atoms with Gasteiger partial charge in [-0.25, -0.2) is 13.4 Å². The highest BCUT2D eigenvalue weighted by molar-refractivity contribution is 7.89. The molecule has 0 saturated carbocycles. The van der Waals surface area contributed by atoms with E-state index in [1.165, 1.54) is 35.8 Å². The maximum Gasteiger partial charge on any atom is 0.243 e. The Kier molecular flexibility index (Phi) is 5.74. The smallest absolute Gasteiger partial charge is 0.243 e. The summed E-state index contributed by atoms with van der Waals surface area (Å²) in [5, 5.41) is 0.140. The zero-order valence-corrected chi connectivity index (χ0v) is 11.6. The summed E-state index contributed by atoms with van der Waals surface area (Å²) in [5.74, 6) is 0. The van der Waals surface area contributed by atoms with Crippen molar-refractivity contribution >= 4 is 21.6 Å². The van der Waals surface area contributed by atoms with Crippen LogP contribution in [0.15, 0.2) is 35.9 Å². The molecule has 1 aromatic heterocycles. The van der Waals surface area contributed by atoms with Gasteiger partial charge in [-0.2, -0.15) is 4.31 Å². The van der Waals surface area contributed by atoms with Crippen LogP contribution in [-0.4, -0.2) is 44.5 Å². The van der Waals surface area contributed by atoms with Gasteiger partial charge < -0.3 is 4.74 Å². The Hall–Kier alpha value is -0.950. The van der Waals surface area contributed by atoms with Crippen molar-refractivity contribution in [1.82, 2.24) is 9.29 Å². The molecule has 0 aliphatic heterocycles. The van der Waals surface area contributed by atoms with Crippen molar-refractivity contribution in [2.24, 2.45) is 0 Å². The van der Waals surface area contributed by atoms with Crippen molar-refractivity contribution in [3.8, 4) is 0 Å². The van der Waals surface area contributed by atoms with E-state index in [2.05, 4.69) is 11.6 Å². The van der Waals surface area contributed by atoms with E-state index < -0.39 is 10.0 Å². The number of hydrogen-bond donors (Lipinski definition) is 0. The van der Waals surface area contributed by atoms with Crippen LogP contribution in [0.3, 0.4) is 0 Å². The van der Waals surface area contributed by atoms with Gasteiger partial charge in [-0.3, -0.25) is 0 Å². The van der Waals surface area contributed by atoms with E-state index in [-0.39, 0.29) is 23.1 Å². The Morgan fingerprint density at radius 3 is 2.89 bits per heavy atom. The summed E-state index contributed by atoms with van der Waals surface area (Å²) < 4.78 is 30.8. The molecule has 0 aliphatic carbocycles. The highest BCUT2D eigenvalue weighted by atomic mass is 35.5. The average molecular weight is 291 g/mol. The third-order valence-electron chi connectivity index (χ3n) is 2.21. The van der Waals surface area contributed by atoms with E-state index in [0.29, 0.717) is 6.61 Å². The van der Waals surface area contributed by atoms with Crippen LogP contribution in [0, 0.1) is 0 Å². The molecule has 1 aromatic rings. The minimum Gasteiger partial charge on any atom is -0.383 e. The van der Waals surface area contributed by atoms with Crippen molar-refractivity contribution in [2.45, 2.75) is 4.90 Å². The van der Waals surface area contributed by atoms with Crippen LogP contribution in [0.4, 0.5) is 0 Å². The number of halogens is 1. The van der Waals surface area contributed by atoms with Gasteiger partial charge in [0.25, 0.3) is 0 Å². The average Bonchev–Trinajstić information content (AvgIpc) is 2.34. The first kappa shape index (κ1) is 15.1. The van der Waals surface area contributed by atoms with E-state index in [9.17, 15) is 8.42 Å². The first-order chi connectivity index (χ1) is 8.52. The highest BCUT2D eigenvalue weighted by Crippen LogP contribution is 2.17. The molecule has 0 aromatic carbocycles. The maximum atomic E-state index is 12.3. The Balaban J connectivity index is 3.04. The van der Waals surface area contributed by atoms with Crippen LogP contribution in [0.25, 0.3) is 0 Å². The van der Waals surface area contributed by atoms with Gasteiger partial charge in [-0.1, -0.05) is 17.7 Å². The van der Waals surface area contributed by atoms with Gasteiger partial charge in [0.15, 0.2) is 0 Å². The summed E-state index contributed by atoms with van der Waals surface area (Å²) in [6.07, 6.45) is 2.88. The van der Waals surface area contributed by atoms with Gasteiger partial charge in [0, 0.05) is 26.4 Å². The molecule has 0 aliphatic rings. The lowest BCUT2D eigenvalue weighted by Crippen LogP contribution is -2.34. The minimum atomic E-state index is -3.60. The number of nitrogens with zero attached hydrogens (tertiary/aromatic N) is 2. The fraction of sp³-hybridized carbons (Fsp3) is 0.364. The number of pyridine rings is 1. The van der Waals surface area contributed by atoms with Crippen molar-refractivity contribution in [1.29, 1.82) is 0 Å². The molecular weight excluding hydrogens is 276 g/mol. The van der Waals surface area contributed by atoms with Crippen LogP contribution < -0.4 is 0 Å². The lowest BCUT2D eigenvalue weighted by atomic mass is 10.5. The molecule has 0 amide bonds. The first-order valence-electron chi connectivity index (χ1n) is 5.24. The molecule has 0 spiro atoms.